The number of carbonyl (C=O) groups is 2. The Morgan fingerprint density at radius 2 is 1.79 bits per heavy atom. The van der Waals surface area contributed by atoms with Crippen LogP contribution in [0.5, 0.6) is 5.75 Å². The molecule has 1 heterocycles. The van der Waals surface area contributed by atoms with E-state index in [0.29, 0.717) is 5.69 Å². The van der Waals surface area contributed by atoms with Gasteiger partial charge in [0.2, 0.25) is 0 Å². The van der Waals surface area contributed by atoms with Crippen molar-refractivity contribution in [3.8, 4) is 11.4 Å². The number of nitrogens with one attached hydrogen (secondary N) is 2. The minimum absolute atomic E-state index is 0.0831. The highest BCUT2D eigenvalue weighted by molar-refractivity contribution is 5.99. The predicted molar refractivity (Wildman–Crippen MR) is 97.7 cm³/mol. The fourth-order valence-corrected chi connectivity index (χ4v) is 2.33. The Morgan fingerprint density at radius 3 is 2.46 bits per heavy atom. The molecule has 3 rings (SSSR count). The molecule has 0 saturated heterocycles. The maximum absolute atomic E-state index is 12.2. The third-order valence-corrected chi connectivity index (χ3v) is 3.71. The number of rotatable bonds is 4. The van der Waals surface area contributed by atoms with Crippen LogP contribution >= 0.6 is 0 Å². The second kappa shape index (κ2) is 7.45. The first kappa shape index (κ1) is 18.4. The molecular formula is C17H14N6O5. The zero-order valence-electron chi connectivity index (χ0n) is 14.2. The molecule has 0 fully saturated rings. The van der Waals surface area contributed by atoms with Gasteiger partial charge < -0.3 is 10.8 Å². The zero-order chi connectivity index (χ0) is 20.3. The number of aromatic nitrogens is 2. The molecule has 2 aromatic carbocycles. The number of benzene rings is 2. The summed E-state index contributed by atoms with van der Waals surface area (Å²) in [6.45, 7) is 0. The Hall–Kier alpha value is -4.41. The number of aromatic hydroxyl groups is 1. The molecule has 0 aliphatic heterocycles. The number of nitro groups is 1. The first-order valence-corrected chi connectivity index (χ1v) is 7.85. The smallest absolute Gasteiger partial charge is 0.294 e. The van der Waals surface area contributed by atoms with Crippen molar-refractivity contribution in [1.29, 1.82) is 0 Å². The van der Waals surface area contributed by atoms with Crippen molar-refractivity contribution in [2.24, 2.45) is 0 Å². The lowest BCUT2D eigenvalue weighted by molar-refractivity contribution is -0.383. The first-order valence-electron chi connectivity index (χ1n) is 7.85. The summed E-state index contributed by atoms with van der Waals surface area (Å²) in [6, 6.07) is 12.2. The van der Waals surface area contributed by atoms with Gasteiger partial charge in [-0.05, 0) is 24.3 Å². The summed E-state index contributed by atoms with van der Waals surface area (Å²) in [4.78, 5) is 34.5. The van der Waals surface area contributed by atoms with Gasteiger partial charge in [0.05, 0.1) is 16.8 Å². The lowest BCUT2D eigenvalue weighted by Gasteiger charge is -2.07. The maximum atomic E-state index is 12.2. The van der Waals surface area contributed by atoms with Gasteiger partial charge in [-0.2, -0.15) is 5.10 Å². The number of amides is 2. The van der Waals surface area contributed by atoms with E-state index in [2.05, 4.69) is 16.0 Å². The van der Waals surface area contributed by atoms with Crippen molar-refractivity contribution in [3.05, 3.63) is 76.1 Å². The van der Waals surface area contributed by atoms with Crippen LogP contribution in [-0.2, 0) is 0 Å². The topological polar surface area (TPSA) is 165 Å². The van der Waals surface area contributed by atoms with E-state index in [0.717, 1.165) is 6.07 Å². The van der Waals surface area contributed by atoms with Gasteiger partial charge in [-0.15, -0.1) is 0 Å². The normalized spacial score (nSPS) is 10.3. The summed E-state index contributed by atoms with van der Waals surface area (Å²) < 4.78 is 1.30. The molecule has 2 amide bonds. The number of para-hydroxylation sites is 1. The van der Waals surface area contributed by atoms with Crippen LogP contribution in [0.4, 0.5) is 11.4 Å². The number of nitro benzene ring substituents is 1. The molecule has 0 aliphatic carbocycles. The van der Waals surface area contributed by atoms with Crippen molar-refractivity contribution >= 4 is 23.2 Å². The standard InChI is InChI=1S/C17H14N6O5/c18-12-7-6-10(8-13(12)23(27)28)16(25)19-20-17(26)15-14(24)9-22(21-15)11-4-2-1-3-5-11/h1-9,24H,18H2,(H,19,25)(H,20,26). The van der Waals surface area contributed by atoms with Crippen molar-refractivity contribution in [2.45, 2.75) is 0 Å². The van der Waals surface area contributed by atoms with Crippen LogP contribution in [0.3, 0.4) is 0 Å². The number of nitrogens with zero attached hydrogens (tertiary/aromatic N) is 3. The number of hydrogen-bond donors (Lipinski definition) is 4. The number of hydrogen-bond acceptors (Lipinski definition) is 7. The van der Waals surface area contributed by atoms with Gasteiger partial charge in [0.15, 0.2) is 11.4 Å². The Kier molecular flexibility index (Phi) is 4.89. The highest BCUT2D eigenvalue weighted by atomic mass is 16.6. The van der Waals surface area contributed by atoms with E-state index < -0.39 is 28.2 Å². The van der Waals surface area contributed by atoms with Gasteiger partial charge in [0.1, 0.15) is 5.69 Å². The maximum Gasteiger partial charge on any atom is 0.294 e. The molecule has 0 bridgehead atoms. The summed E-state index contributed by atoms with van der Waals surface area (Å²) in [7, 11) is 0. The second-order valence-corrected chi connectivity index (χ2v) is 5.58. The van der Waals surface area contributed by atoms with E-state index in [9.17, 15) is 24.8 Å². The number of carbonyl (C=O) groups excluding carboxylic acids is 2. The van der Waals surface area contributed by atoms with Gasteiger partial charge in [-0.3, -0.25) is 30.6 Å². The summed E-state index contributed by atoms with van der Waals surface area (Å²) in [5.41, 5.74) is 9.36. The minimum atomic E-state index is -0.870. The van der Waals surface area contributed by atoms with Crippen LogP contribution < -0.4 is 16.6 Å². The Balaban J connectivity index is 1.71. The van der Waals surface area contributed by atoms with Crippen molar-refractivity contribution < 1.29 is 19.6 Å². The molecule has 1 aromatic heterocycles. The summed E-state index contributed by atoms with van der Waals surface area (Å²) >= 11 is 0. The Morgan fingerprint density at radius 1 is 1.11 bits per heavy atom. The lowest BCUT2D eigenvalue weighted by atomic mass is 10.1. The average molecular weight is 382 g/mol. The highest BCUT2D eigenvalue weighted by Gasteiger charge is 2.19. The molecule has 0 spiro atoms. The molecule has 142 valence electrons. The van der Waals surface area contributed by atoms with Crippen molar-refractivity contribution in [1.82, 2.24) is 20.6 Å². The Bertz CT molecular complexity index is 1060. The van der Waals surface area contributed by atoms with Crippen molar-refractivity contribution in [3.63, 3.8) is 0 Å². The number of hydrazine groups is 1. The molecular weight excluding hydrogens is 368 g/mol. The van der Waals surface area contributed by atoms with Crippen LogP contribution in [-0.4, -0.2) is 31.6 Å². The SMILES string of the molecule is Nc1ccc(C(=O)NNC(=O)c2nn(-c3ccccc3)cc2O)cc1[N+](=O)[O-]. The average Bonchev–Trinajstić information content (AvgIpc) is 3.08. The molecule has 0 saturated carbocycles. The molecule has 0 atom stereocenters. The molecule has 28 heavy (non-hydrogen) atoms. The summed E-state index contributed by atoms with van der Waals surface area (Å²) in [6.07, 6.45) is 1.25. The van der Waals surface area contributed by atoms with Gasteiger partial charge in [-0.25, -0.2) is 4.68 Å². The third-order valence-electron chi connectivity index (χ3n) is 3.71. The fourth-order valence-electron chi connectivity index (χ4n) is 2.33. The third kappa shape index (κ3) is 3.72. The predicted octanol–water partition coefficient (Wildman–Crippen LogP) is 1.14. The number of nitrogen functional groups attached to an aromatic ring is 1. The van der Waals surface area contributed by atoms with Gasteiger partial charge >= 0.3 is 0 Å². The molecule has 5 N–H and O–H groups in total. The summed E-state index contributed by atoms with van der Waals surface area (Å²) in [5, 5.41) is 24.8. The van der Waals surface area contributed by atoms with Crippen molar-refractivity contribution in [2.75, 3.05) is 5.73 Å². The van der Waals surface area contributed by atoms with Crippen LogP contribution in [0.2, 0.25) is 0 Å². The number of anilines is 1. The van der Waals surface area contributed by atoms with Gasteiger partial charge in [0.25, 0.3) is 17.5 Å². The van der Waals surface area contributed by atoms with E-state index in [-0.39, 0.29) is 16.9 Å². The second-order valence-electron chi connectivity index (χ2n) is 5.58. The van der Waals surface area contributed by atoms with E-state index in [1.807, 2.05) is 0 Å². The fraction of sp³-hybridized carbons (Fsp3) is 0. The van der Waals surface area contributed by atoms with E-state index in [4.69, 9.17) is 5.73 Å². The lowest BCUT2D eigenvalue weighted by Crippen LogP contribution is -2.41. The van der Waals surface area contributed by atoms with Crippen LogP contribution in [0.15, 0.2) is 54.7 Å². The van der Waals surface area contributed by atoms with Gasteiger partial charge in [-0.1, -0.05) is 18.2 Å². The Labute approximate surface area is 157 Å². The van der Waals surface area contributed by atoms with E-state index in [1.54, 1.807) is 30.3 Å². The van der Waals surface area contributed by atoms with Crippen LogP contribution in [0, 0.1) is 10.1 Å². The summed E-state index contributed by atoms with van der Waals surface area (Å²) in [5.74, 6) is -2.07. The molecule has 11 heteroatoms. The molecule has 3 aromatic rings. The largest absolute Gasteiger partial charge is 0.504 e. The van der Waals surface area contributed by atoms with Crippen LogP contribution in [0.1, 0.15) is 20.8 Å². The van der Waals surface area contributed by atoms with E-state index >= 15 is 0 Å². The zero-order valence-corrected chi connectivity index (χ0v) is 14.2. The molecule has 0 unspecified atom stereocenters. The number of nitrogens with two attached hydrogens (primary N) is 1. The molecule has 11 nitrogen and oxygen atoms in total. The first-order chi connectivity index (χ1) is 13.4. The highest BCUT2D eigenvalue weighted by Crippen LogP contribution is 2.22. The van der Waals surface area contributed by atoms with Gasteiger partial charge in [0, 0.05) is 11.6 Å². The van der Waals surface area contributed by atoms with Crippen LogP contribution in [0.25, 0.3) is 5.69 Å². The molecule has 0 radical (unpaired) electrons. The minimum Gasteiger partial charge on any atom is -0.504 e. The molecule has 0 aliphatic rings. The monoisotopic (exact) mass is 382 g/mol. The quantitative estimate of drug-likeness (QED) is 0.298. The van der Waals surface area contributed by atoms with E-state index in [1.165, 1.54) is 23.0 Å².